The van der Waals surface area contributed by atoms with Crippen LogP contribution < -0.4 is 11.3 Å². The van der Waals surface area contributed by atoms with Crippen molar-refractivity contribution in [2.75, 3.05) is 12.3 Å². The Kier molecular flexibility index (Phi) is 5.32. The third-order valence-electron chi connectivity index (χ3n) is 3.86. The smallest absolute Gasteiger partial charge is 0.283 e. The van der Waals surface area contributed by atoms with Crippen molar-refractivity contribution in [1.29, 1.82) is 0 Å². The van der Waals surface area contributed by atoms with E-state index in [0.717, 1.165) is 24.3 Å². The highest BCUT2D eigenvalue weighted by molar-refractivity contribution is 7.16. The molecule has 2 N–H and O–H groups in total. The number of rotatable bonds is 6. The number of aromatic nitrogens is 3. The maximum atomic E-state index is 12.4. The highest BCUT2D eigenvalue weighted by Crippen LogP contribution is 2.21. The van der Waals surface area contributed by atoms with Gasteiger partial charge in [-0.15, -0.1) is 0 Å². The molecule has 0 unspecified atom stereocenters. The summed E-state index contributed by atoms with van der Waals surface area (Å²) in [6.45, 7) is 4.30. The van der Waals surface area contributed by atoms with Gasteiger partial charge in [-0.3, -0.25) is 9.59 Å². The molecule has 26 heavy (non-hydrogen) atoms. The van der Waals surface area contributed by atoms with Crippen LogP contribution in [0.3, 0.4) is 0 Å². The van der Waals surface area contributed by atoms with Crippen molar-refractivity contribution < 1.29 is 9.53 Å². The number of unbranched alkanes of at least 4 members (excludes halogenated alkanes) is 1. The second-order valence-corrected chi connectivity index (χ2v) is 6.83. The van der Waals surface area contributed by atoms with Crippen molar-refractivity contribution in [1.82, 2.24) is 14.6 Å². The second kappa shape index (κ2) is 7.65. The Morgan fingerprint density at radius 3 is 2.85 bits per heavy atom. The molecule has 0 radical (unpaired) electrons. The van der Waals surface area contributed by atoms with Crippen LogP contribution in [-0.2, 0) is 16.0 Å². The molecule has 2 aromatic heterocycles. The van der Waals surface area contributed by atoms with Gasteiger partial charge in [0, 0.05) is 6.42 Å². The molecule has 0 saturated carbocycles. The molecule has 0 aliphatic heterocycles. The van der Waals surface area contributed by atoms with E-state index in [1.54, 1.807) is 25.2 Å². The van der Waals surface area contributed by atoms with Gasteiger partial charge >= 0.3 is 0 Å². The molecule has 2 heterocycles. The summed E-state index contributed by atoms with van der Waals surface area (Å²) in [6, 6.07) is 0. The summed E-state index contributed by atoms with van der Waals surface area (Å²) in [4.78, 5) is 28.8. The second-order valence-electron chi connectivity index (χ2n) is 5.79. The Morgan fingerprint density at radius 1 is 1.31 bits per heavy atom. The lowest BCUT2D eigenvalue weighted by atomic mass is 10.0. The van der Waals surface area contributed by atoms with Gasteiger partial charge in [0.05, 0.1) is 12.2 Å². The molecule has 3 rings (SSSR count). The fourth-order valence-electron chi connectivity index (χ4n) is 2.54. The molecule has 0 saturated heterocycles. The molecule has 1 aliphatic rings. The van der Waals surface area contributed by atoms with Crippen LogP contribution in [0.2, 0.25) is 0 Å². The van der Waals surface area contributed by atoms with Gasteiger partial charge in [-0.2, -0.15) is 14.6 Å². The molecule has 2 aromatic rings. The predicted octanol–water partition coefficient (Wildman–Crippen LogP) is 2.52. The van der Waals surface area contributed by atoms with E-state index in [1.165, 1.54) is 21.9 Å². The number of hydrogen-bond acceptors (Lipinski definition) is 7. The van der Waals surface area contributed by atoms with Crippen LogP contribution >= 0.6 is 11.3 Å². The summed E-state index contributed by atoms with van der Waals surface area (Å²) in [5.41, 5.74) is 6.65. The van der Waals surface area contributed by atoms with E-state index in [1.807, 2.05) is 0 Å². The van der Waals surface area contributed by atoms with E-state index in [9.17, 15) is 9.59 Å². The summed E-state index contributed by atoms with van der Waals surface area (Å²) in [6.07, 6.45) is 9.13. The standard InChI is InChI=1S/C18H20N4O3S/c1-3-5-6-15-21-22-16(19)12(17(24)20-18(22)26-15)9-11-7-8-13(23)14(10-11)25-4-2/h7-10H,3-6,19H2,1-2H3. The zero-order valence-electron chi connectivity index (χ0n) is 14.7. The monoisotopic (exact) mass is 372 g/mol. The maximum Gasteiger partial charge on any atom is 0.283 e. The molecule has 0 aromatic carbocycles. The molecule has 0 amide bonds. The molecule has 136 valence electrons. The number of nitrogens with two attached hydrogens (primary N) is 1. The normalized spacial score (nSPS) is 15.7. The highest BCUT2D eigenvalue weighted by atomic mass is 32.1. The Bertz CT molecular complexity index is 998. The summed E-state index contributed by atoms with van der Waals surface area (Å²) >= 11 is 1.38. The molecule has 0 spiro atoms. The Labute approximate surface area is 154 Å². The number of hydrogen-bond donors (Lipinski definition) is 1. The Morgan fingerprint density at radius 2 is 2.12 bits per heavy atom. The number of carbonyl (C=O) groups is 1. The van der Waals surface area contributed by atoms with Crippen LogP contribution in [0.4, 0.5) is 5.82 Å². The van der Waals surface area contributed by atoms with Crippen LogP contribution in [0.25, 0.3) is 11.0 Å². The molecule has 8 heteroatoms. The lowest BCUT2D eigenvalue weighted by Gasteiger charge is -2.10. The molecule has 0 atom stereocenters. The largest absolute Gasteiger partial charge is 0.490 e. The average molecular weight is 372 g/mol. The van der Waals surface area contributed by atoms with Gasteiger partial charge in [0.1, 0.15) is 10.8 Å². The van der Waals surface area contributed by atoms with E-state index in [2.05, 4.69) is 17.0 Å². The van der Waals surface area contributed by atoms with Gasteiger partial charge in [0.15, 0.2) is 5.76 Å². The number of carbonyl (C=O) groups excluding carboxylic acids is 1. The number of nitrogen functional groups attached to an aromatic ring is 1. The van der Waals surface area contributed by atoms with Gasteiger partial charge in [-0.05, 0) is 37.1 Å². The zero-order chi connectivity index (χ0) is 18.7. The summed E-state index contributed by atoms with van der Waals surface area (Å²) < 4.78 is 6.82. The number of fused-ring (bicyclic) bond motifs is 1. The minimum Gasteiger partial charge on any atom is -0.490 e. The van der Waals surface area contributed by atoms with Crippen LogP contribution in [0, 0.1) is 0 Å². The number of allylic oxidation sites excluding steroid dienone is 4. The topological polar surface area (TPSA) is 99.6 Å². The van der Waals surface area contributed by atoms with Crippen LogP contribution in [-0.4, -0.2) is 27.0 Å². The average Bonchev–Trinajstić information content (AvgIpc) is 3.02. The minimum absolute atomic E-state index is 0.206. The third-order valence-corrected chi connectivity index (χ3v) is 4.82. The van der Waals surface area contributed by atoms with Gasteiger partial charge in [-0.25, -0.2) is 0 Å². The van der Waals surface area contributed by atoms with Crippen molar-refractivity contribution in [3.63, 3.8) is 0 Å². The van der Waals surface area contributed by atoms with E-state index in [-0.39, 0.29) is 22.9 Å². The van der Waals surface area contributed by atoms with Crippen LogP contribution in [0.15, 0.2) is 34.4 Å². The molecule has 0 fully saturated rings. The van der Waals surface area contributed by atoms with Crippen molar-refractivity contribution in [3.05, 3.63) is 50.5 Å². The van der Waals surface area contributed by atoms with Crippen LogP contribution in [0.5, 0.6) is 0 Å². The lowest BCUT2D eigenvalue weighted by Crippen LogP contribution is -2.17. The Balaban J connectivity index is 2.03. The number of ether oxygens (including phenoxy) is 1. The van der Waals surface area contributed by atoms with E-state index < -0.39 is 5.56 Å². The van der Waals surface area contributed by atoms with Gasteiger partial charge in [0.25, 0.3) is 5.56 Å². The van der Waals surface area contributed by atoms with Crippen molar-refractivity contribution in [3.8, 4) is 0 Å². The van der Waals surface area contributed by atoms with Gasteiger partial charge < -0.3 is 10.5 Å². The number of aryl methyl sites for hydroxylation is 1. The molecular formula is C18H20N4O3S. The third kappa shape index (κ3) is 3.60. The molecular weight excluding hydrogens is 352 g/mol. The number of nitrogens with zero attached hydrogens (tertiary/aromatic N) is 3. The van der Waals surface area contributed by atoms with Crippen LogP contribution in [0.1, 0.15) is 37.3 Å². The molecule has 1 aliphatic carbocycles. The first kappa shape index (κ1) is 18.1. The number of anilines is 1. The van der Waals surface area contributed by atoms with E-state index >= 15 is 0 Å². The fourth-order valence-corrected chi connectivity index (χ4v) is 3.47. The predicted molar refractivity (Wildman–Crippen MR) is 102 cm³/mol. The van der Waals surface area contributed by atoms with E-state index in [0.29, 0.717) is 17.1 Å². The highest BCUT2D eigenvalue weighted by Gasteiger charge is 2.16. The molecule has 7 nitrogen and oxygen atoms in total. The first-order valence-electron chi connectivity index (χ1n) is 8.50. The van der Waals surface area contributed by atoms with Crippen molar-refractivity contribution in [2.45, 2.75) is 33.1 Å². The zero-order valence-corrected chi connectivity index (χ0v) is 15.5. The summed E-state index contributed by atoms with van der Waals surface area (Å²) in [7, 11) is 0. The lowest BCUT2D eigenvalue weighted by molar-refractivity contribution is -0.114. The first-order valence-corrected chi connectivity index (χ1v) is 9.32. The SMILES string of the molecule is CCCCc1nn2c(N)c(C=C3C=CC(=O)C(OCC)=C3)c(=O)nc2s1. The van der Waals surface area contributed by atoms with Gasteiger partial charge in [0.2, 0.25) is 10.7 Å². The molecule has 0 bridgehead atoms. The minimum atomic E-state index is -0.419. The maximum absolute atomic E-state index is 12.4. The fraction of sp³-hybridized carbons (Fsp3) is 0.333. The summed E-state index contributed by atoms with van der Waals surface area (Å²) in [5, 5.41) is 5.37. The number of ketones is 1. The van der Waals surface area contributed by atoms with Crippen molar-refractivity contribution >= 4 is 34.0 Å². The Hall–Kier alpha value is -2.74. The summed E-state index contributed by atoms with van der Waals surface area (Å²) in [5.74, 6) is 0.273. The van der Waals surface area contributed by atoms with Crippen molar-refractivity contribution in [2.24, 2.45) is 0 Å². The van der Waals surface area contributed by atoms with Gasteiger partial charge in [-0.1, -0.05) is 30.8 Å². The van der Waals surface area contributed by atoms with E-state index in [4.69, 9.17) is 10.5 Å². The quantitative estimate of drug-likeness (QED) is 0.836. The first-order chi connectivity index (χ1) is 12.5.